The van der Waals surface area contributed by atoms with E-state index in [0.717, 1.165) is 18.2 Å². The van der Waals surface area contributed by atoms with E-state index in [1.165, 1.54) is 30.3 Å². The second-order valence-corrected chi connectivity index (χ2v) is 8.63. The van der Waals surface area contributed by atoms with E-state index in [1.807, 2.05) is 0 Å². The molecule has 0 aliphatic heterocycles. The molecule has 20 heavy (non-hydrogen) atoms. The number of phenolic OH excluding ortho intramolecular Hbond substituents is 1. The first kappa shape index (κ1) is 14.4. The molecule has 0 aromatic heterocycles. The lowest BCUT2D eigenvalue weighted by Gasteiger charge is -2.08. The molecule has 0 saturated heterocycles. The molecule has 8 heteroatoms. The standard InChI is InChI=1S/C12H10O6S2/c13-11-8-4-5-9-12(11)18-20(16,17)19(14,15)10-6-2-1-3-7-10/h1-9,13H. The molecule has 0 fully saturated rings. The fourth-order valence-electron chi connectivity index (χ4n) is 1.39. The molecule has 0 saturated carbocycles. The summed E-state index contributed by atoms with van der Waals surface area (Å²) < 4.78 is 52.1. The smallest absolute Gasteiger partial charge is 0.423 e. The number of benzene rings is 2. The normalized spacial score (nSPS) is 12.0. The van der Waals surface area contributed by atoms with Crippen molar-refractivity contribution < 1.29 is 26.1 Å². The summed E-state index contributed by atoms with van der Waals surface area (Å²) in [5.74, 6) is -0.925. The highest BCUT2D eigenvalue weighted by atomic mass is 33.2. The minimum absolute atomic E-state index is 0.407. The molecular weight excluding hydrogens is 304 g/mol. The summed E-state index contributed by atoms with van der Waals surface area (Å²) >= 11 is 0. The van der Waals surface area contributed by atoms with Gasteiger partial charge in [-0.25, -0.2) is 8.42 Å². The number of aromatic hydroxyl groups is 1. The number of hydrogen-bond acceptors (Lipinski definition) is 6. The van der Waals surface area contributed by atoms with Crippen LogP contribution in [0.2, 0.25) is 0 Å². The summed E-state index contributed by atoms with van der Waals surface area (Å²) in [6, 6.07) is 11.8. The SMILES string of the molecule is O=S(=O)(Oc1ccccc1O)S(=O)(=O)c1ccccc1. The molecule has 0 spiro atoms. The third kappa shape index (κ3) is 2.61. The van der Waals surface area contributed by atoms with Crippen molar-refractivity contribution in [3.63, 3.8) is 0 Å². The Morgan fingerprint density at radius 1 is 0.800 bits per heavy atom. The molecule has 2 rings (SSSR count). The first-order valence-corrected chi connectivity index (χ1v) is 8.78. The summed E-state index contributed by atoms with van der Waals surface area (Å²) in [5, 5.41) is 9.43. The Morgan fingerprint density at radius 3 is 1.95 bits per heavy atom. The first-order valence-electron chi connectivity index (χ1n) is 5.37. The minimum Gasteiger partial charge on any atom is -0.504 e. The van der Waals surface area contributed by atoms with Gasteiger partial charge in [-0.15, -0.1) is 0 Å². The summed E-state index contributed by atoms with van der Waals surface area (Å²) in [5.41, 5.74) is 0. The van der Waals surface area contributed by atoms with Crippen molar-refractivity contribution in [3.8, 4) is 11.5 Å². The van der Waals surface area contributed by atoms with Crippen LogP contribution in [0.3, 0.4) is 0 Å². The predicted molar refractivity (Wildman–Crippen MR) is 71.3 cm³/mol. The Kier molecular flexibility index (Phi) is 3.69. The highest BCUT2D eigenvalue weighted by Crippen LogP contribution is 2.28. The molecule has 0 unspecified atom stereocenters. The van der Waals surface area contributed by atoms with E-state index in [-0.39, 0.29) is 0 Å². The Balaban J connectivity index is 2.44. The molecule has 1 N–H and O–H groups in total. The van der Waals surface area contributed by atoms with Crippen LogP contribution in [0.4, 0.5) is 0 Å². The summed E-state index contributed by atoms with van der Waals surface area (Å²) in [7, 11) is -9.69. The highest BCUT2D eigenvalue weighted by molar-refractivity contribution is 8.65. The average molecular weight is 314 g/mol. The van der Waals surface area contributed by atoms with E-state index in [0.29, 0.717) is 0 Å². The Labute approximate surface area is 115 Å². The molecule has 0 aliphatic rings. The fraction of sp³-hybridized carbons (Fsp3) is 0. The summed E-state index contributed by atoms with van der Waals surface area (Å²) in [6.45, 7) is 0. The molecule has 106 valence electrons. The number of phenols is 1. The van der Waals surface area contributed by atoms with Gasteiger partial charge in [-0.2, -0.15) is 8.42 Å². The zero-order chi connectivity index (χ0) is 14.8. The van der Waals surface area contributed by atoms with Crippen molar-refractivity contribution in [1.29, 1.82) is 0 Å². The van der Waals surface area contributed by atoms with Crippen LogP contribution in [-0.2, 0) is 18.0 Å². The van der Waals surface area contributed by atoms with Gasteiger partial charge in [-0.3, -0.25) is 0 Å². The summed E-state index contributed by atoms with van der Waals surface area (Å²) in [4.78, 5) is -0.407. The second kappa shape index (κ2) is 5.14. The lowest BCUT2D eigenvalue weighted by atomic mass is 10.3. The van der Waals surface area contributed by atoms with Gasteiger partial charge in [0, 0.05) is 0 Å². The lowest BCUT2D eigenvalue weighted by Crippen LogP contribution is -2.21. The minimum atomic E-state index is -4.98. The monoisotopic (exact) mass is 314 g/mol. The van der Waals surface area contributed by atoms with Crippen LogP contribution < -0.4 is 4.18 Å². The van der Waals surface area contributed by atoms with Crippen molar-refractivity contribution in [2.75, 3.05) is 0 Å². The van der Waals surface area contributed by atoms with Crippen LogP contribution in [0.15, 0.2) is 59.5 Å². The molecule has 2 aromatic rings. The van der Waals surface area contributed by atoms with E-state index in [9.17, 15) is 21.9 Å². The van der Waals surface area contributed by atoms with Crippen LogP contribution in [-0.4, -0.2) is 21.9 Å². The summed E-state index contributed by atoms with van der Waals surface area (Å²) in [6.07, 6.45) is 0. The molecule has 0 aliphatic carbocycles. The Morgan fingerprint density at radius 2 is 1.35 bits per heavy atom. The van der Waals surface area contributed by atoms with E-state index >= 15 is 0 Å². The van der Waals surface area contributed by atoms with Crippen LogP contribution >= 0.6 is 0 Å². The molecule has 0 atom stereocenters. The molecule has 0 bridgehead atoms. The van der Waals surface area contributed by atoms with Crippen molar-refractivity contribution in [2.45, 2.75) is 4.90 Å². The topological polar surface area (TPSA) is 97.7 Å². The van der Waals surface area contributed by atoms with Gasteiger partial charge in [0.15, 0.2) is 11.5 Å². The van der Waals surface area contributed by atoms with Gasteiger partial charge in [0.05, 0.1) is 4.90 Å². The number of rotatable bonds is 4. The zero-order valence-electron chi connectivity index (χ0n) is 10.0. The molecule has 0 radical (unpaired) electrons. The van der Waals surface area contributed by atoms with Gasteiger partial charge >= 0.3 is 18.0 Å². The molecule has 0 heterocycles. The second-order valence-electron chi connectivity index (χ2n) is 3.73. The third-order valence-electron chi connectivity index (χ3n) is 2.36. The van der Waals surface area contributed by atoms with Crippen molar-refractivity contribution in [1.82, 2.24) is 0 Å². The molecular formula is C12H10O6S2. The van der Waals surface area contributed by atoms with Crippen LogP contribution in [0, 0.1) is 0 Å². The molecule has 0 amide bonds. The van der Waals surface area contributed by atoms with Crippen LogP contribution in [0.25, 0.3) is 0 Å². The maximum absolute atomic E-state index is 12.0. The quantitative estimate of drug-likeness (QED) is 0.859. The number of hydrogen-bond donors (Lipinski definition) is 1. The van der Waals surface area contributed by atoms with E-state index < -0.39 is 34.4 Å². The predicted octanol–water partition coefficient (Wildman–Crippen LogP) is 1.49. The maximum atomic E-state index is 12.0. The number of para-hydroxylation sites is 2. The van der Waals surface area contributed by atoms with Crippen molar-refractivity contribution in [3.05, 3.63) is 54.6 Å². The first-order chi connectivity index (χ1) is 9.34. The largest absolute Gasteiger partial charge is 0.504 e. The van der Waals surface area contributed by atoms with Gasteiger partial charge in [-0.1, -0.05) is 30.3 Å². The van der Waals surface area contributed by atoms with Crippen LogP contribution in [0.1, 0.15) is 0 Å². The van der Waals surface area contributed by atoms with Gasteiger partial charge in [-0.05, 0) is 24.3 Å². The molecule has 6 nitrogen and oxygen atoms in total. The maximum Gasteiger partial charge on any atom is 0.423 e. The fourth-order valence-corrected chi connectivity index (χ4v) is 4.09. The molecule has 2 aromatic carbocycles. The Hall–Kier alpha value is -2.06. The van der Waals surface area contributed by atoms with Crippen molar-refractivity contribution >= 4 is 18.0 Å². The highest BCUT2D eigenvalue weighted by Gasteiger charge is 2.34. The van der Waals surface area contributed by atoms with E-state index in [4.69, 9.17) is 0 Å². The zero-order valence-corrected chi connectivity index (χ0v) is 11.6. The third-order valence-corrected chi connectivity index (χ3v) is 6.52. The lowest BCUT2D eigenvalue weighted by molar-refractivity contribution is 0.432. The van der Waals surface area contributed by atoms with Gasteiger partial charge in [0.1, 0.15) is 0 Å². The van der Waals surface area contributed by atoms with E-state index in [2.05, 4.69) is 4.18 Å². The van der Waals surface area contributed by atoms with Gasteiger partial charge < -0.3 is 9.29 Å². The van der Waals surface area contributed by atoms with Crippen LogP contribution in [0.5, 0.6) is 11.5 Å². The van der Waals surface area contributed by atoms with Gasteiger partial charge in [0.25, 0.3) is 0 Å². The Bertz CT molecular complexity index is 810. The van der Waals surface area contributed by atoms with E-state index in [1.54, 1.807) is 6.07 Å². The average Bonchev–Trinajstić information content (AvgIpc) is 2.42. The van der Waals surface area contributed by atoms with Crippen molar-refractivity contribution in [2.24, 2.45) is 0 Å². The van der Waals surface area contributed by atoms with Gasteiger partial charge in [0.2, 0.25) is 0 Å².